The molecule has 3 aromatic rings. The molecule has 4 rings (SSSR count). The number of nitrogens with one attached hydrogen (secondary N) is 2. The molecule has 0 spiro atoms. The maximum Gasteiger partial charge on any atom is 0.263 e. The Morgan fingerprint density at radius 3 is 2.50 bits per heavy atom. The van der Waals surface area contributed by atoms with Gasteiger partial charge in [-0.05, 0) is 54.8 Å². The highest BCUT2D eigenvalue weighted by molar-refractivity contribution is 7.93. The molecule has 0 aliphatic carbocycles. The van der Waals surface area contributed by atoms with E-state index in [-0.39, 0.29) is 33.3 Å². The molecule has 2 heterocycles. The van der Waals surface area contributed by atoms with Gasteiger partial charge in [0.2, 0.25) is 15.9 Å². The second kappa shape index (κ2) is 11.0. The van der Waals surface area contributed by atoms with Crippen LogP contribution in [0.5, 0.6) is 0 Å². The summed E-state index contributed by atoms with van der Waals surface area (Å²) in [4.78, 5) is 16.8. The van der Waals surface area contributed by atoms with Gasteiger partial charge in [0, 0.05) is 30.4 Å². The summed E-state index contributed by atoms with van der Waals surface area (Å²) in [6.45, 7) is 0.381. The van der Waals surface area contributed by atoms with Gasteiger partial charge in [-0.25, -0.2) is 26.1 Å². The van der Waals surface area contributed by atoms with Crippen LogP contribution in [0.1, 0.15) is 18.4 Å². The van der Waals surface area contributed by atoms with E-state index in [1.807, 2.05) is 0 Å². The van der Waals surface area contributed by atoms with Crippen LogP contribution < -0.4 is 10.0 Å². The Morgan fingerprint density at radius 1 is 1.08 bits per heavy atom. The molecule has 0 bridgehead atoms. The van der Waals surface area contributed by atoms with Crippen molar-refractivity contribution in [3.63, 3.8) is 0 Å². The lowest BCUT2D eigenvalue weighted by Gasteiger charge is -2.31. The standard InChI is InChI=1S/C22H22Cl2N4O5S3/c23-19-8-3-15(12-20(19)24)14-35(30,31)28-10-1-2-16(13-28)21(29)26-17-4-6-18(7-5-17)36(32,33)27-22-25-9-11-34-22/h3-9,11-12,16H,1-2,10,13-14H2,(H,25,27)(H,26,29)/t16-/m1/s1. The number of nitrogens with zero attached hydrogens (tertiary/aromatic N) is 2. The van der Waals surface area contributed by atoms with Gasteiger partial charge in [-0.15, -0.1) is 11.3 Å². The molecule has 9 nitrogen and oxygen atoms in total. The van der Waals surface area contributed by atoms with Crippen molar-refractivity contribution in [2.45, 2.75) is 23.5 Å². The van der Waals surface area contributed by atoms with Crippen molar-refractivity contribution < 1.29 is 21.6 Å². The zero-order valence-corrected chi connectivity index (χ0v) is 22.7. The SMILES string of the molecule is O=C(Nc1ccc(S(=O)(=O)Nc2nccs2)cc1)[C@@H]1CCCN(S(=O)(=O)Cc2ccc(Cl)c(Cl)c2)C1. The fourth-order valence-corrected chi connectivity index (χ4v) is 7.46. The predicted molar refractivity (Wildman–Crippen MR) is 141 cm³/mol. The highest BCUT2D eigenvalue weighted by Gasteiger charge is 2.32. The number of halogens is 2. The van der Waals surface area contributed by atoms with E-state index in [2.05, 4.69) is 15.0 Å². The maximum atomic E-state index is 13.0. The first-order valence-corrected chi connectivity index (χ1v) is 15.5. The summed E-state index contributed by atoms with van der Waals surface area (Å²) in [7, 11) is -7.48. The molecule has 0 saturated carbocycles. The van der Waals surface area contributed by atoms with Gasteiger partial charge in [0.1, 0.15) is 0 Å². The van der Waals surface area contributed by atoms with E-state index in [1.54, 1.807) is 17.5 Å². The molecule has 1 amide bonds. The van der Waals surface area contributed by atoms with Gasteiger partial charge in [0.15, 0.2) is 5.13 Å². The monoisotopic (exact) mass is 588 g/mol. The van der Waals surface area contributed by atoms with Crippen LogP contribution in [0.2, 0.25) is 10.0 Å². The largest absolute Gasteiger partial charge is 0.326 e. The smallest absolute Gasteiger partial charge is 0.263 e. The van der Waals surface area contributed by atoms with Crippen LogP contribution in [0, 0.1) is 5.92 Å². The molecule has 1 saturated heterocycles. The number of benzene rings is 2. The Morgan fingerprint density at radius 2 is 1.83 bits per heavy atom. The average Bonchev–Trinajstić information content (AvgIpc) is 3.34. The number of amides is 1. The summed E-state index contributed by atoms with van der Waals surface area (Å²) >= 11 is 13.1. The second-order valence-electron chi connectivity index (χ2n) is 8.16. The van der Waals surface area contributed by atoms with Crippen molar-refractivity contribution in [2.75, 3.05) is 23.1 Å². The number of piperidine rings is 1. The van der Waals surface area contributed by atoms with Gasteiger partial charge in [0.25, 0.3) is 10.0 Å². The van der Waals surface area contributed by atoms with Crippen LogP contribution in [-0.2, 0) is 30.6 Å². The lowest BCUT2D eigenvalue weighted by Crippen LogP contribution is -2.44. The number of hydrogen-bond acceptors (Lipinski definition) is 7. The third-order valence-electron chi connectivity index (χ3n) is 5.57. The van der Waals surface area contributed by atoms with E-state index in [4.69, 9.17) is 23.2 Å². The summed E-state index contributed by atoms with van der Waals surface area (Å²) < 4.78 is 54.6. The Labute approximate surface area is 223 Å². The molecule has 1 aliphatic heterocycles. The number of hydrogen-bond donors (Lipinski definition) is 2. The van der Waals surface area contributed by atoms with Crippen molar-refractivity contribution in [3.05, 3.63) is 69.7 Å². The van der Waals surface area contributed by atoms with E-state index in [0.29, 0.717) is 35.7 Å². The molecule has 1 aliphatic rings. The van der Waals surface area contributed by atoms with Crippen LogP contribution in [0.4, 0.5) is 10.8 Å². The van der Waals surface area contributed by atoms with E-state index >= 15 is 0 Å². The third-order valence-corrected chi connectivity index (χ3v) is 10.3. The molecule has 2 aromatic carbocycles. The summed E-state index contributed by atoms with van der Waals surface area (Å²) in [5.41, 5.74) is 0.916. The molecule has 1 atom stereocenters. The quantitative estimate of drug-likeness (QED) is 0.401. The van der Waals surface area contributed by atoms with Gasteiger partial charge in [-0.3, -0.25) is 9.52 Å². The molecule has 0 radical (unpaired) electrons. The molecule has 0 unspecified atom stereocenters. The summed E-state index contributed by atoms with van der Waals surface area (Å²) in [6.07, 6.45) is 2.57. The number of carbonyl (C=O) groups excluding carboxylic acids is 1. The minimum absolute atomic E-state index is 0.0212. The molecule has 192 valence electrons. The van der Waals surface area contributed by atoms with Crippen molar-refractivity contribution in [1.82, 2.24) is 9.29 Å². The normalized spacial score (nSPS) is 17.0. The Balaban J connectivity index is 1.38. The first-order chi connectivity index (χ1) is 17.0. The predicted octanol–water partition coefficient (Wildman–Crippen LogP) is 4.43. The van der Waals surface area contributed by atoms with Crippen molar-refractivity contribution >= 4 is 71.3 Å². The van der Waals surface area contributed by atoms with Crippen LogP contribution in [0.3, 0.4) is 0 Å². The lowest BCUT2D eigenvalue weighted by atomic mass is 9.99. The van der Waals surface area contributed by atoms with E-state index < -0.39 is 26.0 Å². The van der Waals surface area contributed by atoms with Gasteiger partial charge in [-0.2, -0.15) is 0 Å². The number of carbonyl (C=O) groups is 1. The highest BCUT2D eigenvalue weighted by atomic mass is 35.5. The zero-order chi connectivity index (χ0) is 25.9. The molecule has 36 heavy (non-hydrogen) atoms. The first kappa shape index (κ1) is 26.8. The van der Waals surface area contributed by atoms with Crippen LogP contribution in [0.25, 0.3) is 0 Å². The molecular weight excluding hydrogens is 567 g/mol. The summed E-state index contributed by atoms with van der Waals surface area (Å²) in [5.74, 6) is -1.12. The summed E-state index contributed by atoms with van der Waals surface area (Å²) in [6, 6.07) is 10.4. The molecule has 1 fully saturated rings. The Hall–Kier alpha value is -2.22. The molecular formula is C22H22Cl2N4O5S3. The minimum atomic E-state index is -3.81. The topological polar surface area (TPSA) is 126 Å². The second-order valence-corrected chi connectivity index (χ2v) is 13.5. The number of thiazole rings is 1. The van der Waals surface area contributed by atoms with E-state index in [1.165, 1.54) is 40.8 Å². The van der Waals surface area contributed by atoms with Gasteiger partial charge < -0.3 is 5.32 Å². The first-order valence-electron chi connectivity index (χ1n) is 10.8. The average molecular weight is 590 g/mol. The summed E-state index contributed by atoms with van der Waals surface area (Å²) in [5, 5.41) is 5.28. The van der Waals surface area contributed by atoms with Crippen LogP contribution in [0.15, 0.2) is 58.9 Å². The Bertz CT molecular complexity index is 1450. The maximum absolute atomic E-state index is 13.0. The fraction of sp³-hybridized carbons (Fsp3) is 0.273. The third kappa shape index (κ3) is 6.55. The van der Waals surface area contributed by atoms with E-state index in [0.717, 1.165) is 11.3 Å². The molecule has 2 N–H and O–H groups in total. The fourth-order valence-electron chi connectivity index (χ4n) is 3.75. The van der Waals surface area contributed by atoms with E-state index in [9.17, 15) is 21.6 Å². The number of aromatic nitrogens is 1. The number of sulfonamides is 2. The molecule has 14 heteroatoms. The number of anilines is 2. The van der Waals surface area contributed by atoms with Crippen LogP contribution in [-0.4, -0.2) is 45.1 Å². The minimum Gasteiger partial charge on any atom is -0.326 e. The lowest BCUT2D eigenvalue weighted by molar-refractivity contribution is -0.120. The van der Waals surface area contributed by atoms with Crippen molar-refractivity contribution in [1.29, 1.82) is 0 Å². The van der Waals surface area contributed by atoms with Gasteiger partial charge in [0.05, 0.1) is 26.6 Å². The van der Waals surface area contributed by atoms with Gasteiger partial charge >= 0.3 is 0 Å². The van der Waals surface area contributed by atoms with Crippen molar-refractivity contribution in [2.24, 2.45) is 5.92 Å². The van der Waals surface area contributed by atoms with Crippen LogP contribution >= 0.6 is 34.5 Å². The van der Waals surface area contributed by atoms with Gasteiger partial charge in [-0.1, -0.05) is 29.3 Å². The zero-order valence-electron chi connectivity index (χ0n) is 18.7. The van der Waals surface area contributed by atoms with Crippen molar-refractivity contribution in [3.8, 4) is 0 Å². The number of rotatable bonds is 8. The highest BCUT2D eigenvalue weighted by Crippen LogP contribution is 2.27. The Kier molecular flexibility index (Phi) is 8.22. The molecule has 1 aromatic heterocycles.